The van der Waals surface area contributed by atoms with E-state index in [1.807, 2.05) is 0 Å². The highest BCUT2D eigenvalue weighted by Gasteiger charge is 2.19. The van der Waals surface area contributed by atoms with Crippen LogP contribution in [0.3, 0.4) is 0 Å². The average molecular weight is 535 g/mol. The van der Waals surface area contributed by atoms with E-state index < -0.39 is 0 Å². The molecule has 4 nitrogen and oxygen atoms in total. The lowest BCUT2D eigenvalue weighted by Crippen LogP contribution is -1.75. The normalized spacial score (nSPS) is 11.7. The van der Waals surface area contributed by atoms with Crippen molar-refractivity contribution < 1.29 is 0 Å². The highest BCUT2D eigenvalue weighted by molar-refractivity contribution is 6.10. The van der Waals surface area contributed by atoms with Crippen LogP contribution in [0.4, 0.5) is 0 Å². The first-order valence-corrected chi connectivity index (χ1v) is 13.5. The maximum atomic E-state index is 5.17. The van der Waals surface area contributed by atoms with Gasteiger partial charge in [-0.2, -0.15) is 0 Å². The van der Waals surface area contributed by atoms with Gasteiger partial charge in [0.25, 0.3) is 0 Å². The minimum Gasteiger partial charge on any atom is -0.354 e. The van der Waals surface area contributed by atoms with Gasteiger partial charge in [0.05, 0.1) is 22.8 Å². The summed E-state index contributed by atoms with van der Waals surface area (Å²) in [5, 5.41) is 4.66. The molecule has 0 saturated heterocycles. The molecule has 0 fully saturated rings. The minimum atomic E-state index is 0. The molecule has 5 heterocycles. The Balaban J connectivity index is 0.00000256. The molecule has 2 aliphatic heterocycles. The van der Waals surface area contributed by atoms with Gasteiger partial charge < -0.3 is 9.97 Å². The summed E-state index contributed by atoms with van der Waals surface area (Å²) in [6, 6.07) is 42.7. The lowest BCUT2D eigenvalue weighted by atomic mass is 10.0. The van der Waals surface area contributed by atoms with Crippen LogP contribution in [0.2, 0.25) is 0 Å². The molecule has 5 heteroatoms. The third-order valence-corrected chi connectivity index (χ3v) is 8.12. The van der Waals surface area contributed by atoms with E-state index in [4.69, 9.17) is 9.97 Å². The fourth-order valence-corrected chi connectivity index (χ4v) is 6.27. The molecular weight excluding hydrogens is 513 g/mol. The largest absolute Gasteiger partial charge is 0.354 e. The van der Waals surface area contributed by atoms with E-state index in [1.165, 1.54) is 0 Å². The number of rotatable bonds is 0. The maximum absolute atomic E-state index is 5.17. The fraction of sp³-hybridized carbons (Fsp3) is 0. The highest BCUT2D eigenvalue weighted by atomic mass is 24.3. The Morgan fingerprint density at radius 3 is 0.854 bits per heavy atom. The van der Waals surface area contributed by atoms with Crippen LogP contribution in [-0.2, 0) is 0 Å². The van der Waals surface area contributed by atoms with Crippen LogP contribution < -0.4 is 0 Å². The van der Waals surface area contributed by atoms with Gasteiger partial charge in [0, 0.05) is 88.9 Å². The number of nitrogens with one attached hydrogen (secondary N) is 2. The molecule has 2 aliphatic rings. The number of hydrogen-bond acceptors (Lipinski definition) is 2. The van der Waals surface area contributed by atoms with Crippen molar-refractivity contribution in [3.8, 4) is 45.0 Å². The van der Waals surface area contributed by atoms with Gasteiger partial charge in [-0.15, -0.1) is 0 Å². The van der Waals surface area contributed by atoms with Crippen LogP contribution in [0.5, 0.6) is 0 Å². The van der Waals surface area contributed by atoms with E-state index >= 15 is 0 Å². The smallest absolute Gasteiger partial charge is 0.0737 e. The van der Waals surface area contributed by atoms with Crippen molar-refractivity contribution in [1.82, 2.24) is 19.9 Å². The zero-order valence-corrected chi connectivity index (χ0v) is 23.6. The van der Waals surface area contributed by atoms with Crippen LogP contribution >= 0.6 is 0 Å². The van der Waals surface area contributed by atoms with Crippen LogP contribution in [0, 0.1) is 0 Å². The molecule has 2 radical (unpaired) electrons. The van der Waals surface area contributed by atoms with Crippen LogP contribution in [0.25, 0.3) is 88.6 Å². The quantitative estimate of drug-likeness (QED) is 0.191. The lowest BCUT2D eigenvalue weighted by molar-refractivity contribution is 1.40. The number of benzene rings is 4. The molecule has 9 rings (SSSR count). The molecular formula is C36H22MgN4. The third-order valence-electron chi connectivity index (χ3n) is 8.12. The number of hydrogen-bond donors (Lipinski definition) is 2. The van der Waals surface area contributed by atoms with E-state index in [0.717, 1.165) is 88.6 Å². The Morgan fingerprint density at radius 1 is 0.341 bits per heavy atom. The first-order chi connectivity index (χ1) is 19.8. The number of nitrogens with zero attached hydrogens (tertiary/aromatic N) is 2. The summed E-state index contributed by atoms with van der Waals surface area (Å²) in [7, 11) is 0. The molecule has 188 valence electrons. The summed E-state index contributed by atoms with van der Waals surface area (Å²) in [4.78, 5) is 17.8. The summed E-state index contributed by atoms with van der Waals surface area (Å²) in [5.74, 6) is 0. The summed E-state index contributed by atoms with van der Waals surface area (Å²) in [6.45, 7) is 0. The lowest BCUT2D eigenvalue weighted by Gasteiger charge is -1.97. The molecule has 4 aromatic carbocycles. The number of H-pyrrole nitrogens is 2. The van der Waals surface area contributed by atoms with Gasteiger partial charge in [-0.3, -0.25) is 0 Å². The van der Waals surface area contributed by atoms with Crippen molar-refractivity contribution in [1.29, 1.82) is 0 Å². The molecule has 0 atom stereocenters. The van der Waals surface area contributed by atoms with Crippen LogP contribution in [0.1, 0.15) is 0 Å². The number of aromatic nitrogens is 4. The number of fused-ring (bicyclic) bond motifs is 20. The van der Waals surface area contributed by atoms with E-state index in [1.54, 1.807) is 0 Å². The van der Waals surface area contributed by atoms with Gasteiger partial charge in [-0.1, -0.05) is 97.1 Å². The van der Waals surface area contributed by atoms with Gasteiger partial charge in [-0.25, -0.2) is 9.97 Å². The Hall–Kier alpha value is -4.71. The summed E-state index contributed by atoms with van der Waals surface area (Å²) >= 11 is 0. The van der Waals surface area contributed by atoms with Crippen molar-refractivity contribution in [2.45, 2.75) is 0 Å². The molecule has 2 N–H and O–H groups in total. The van der Waals surface area contributed by atoms with Crippen molar-refractivity contribution >= 4 is 66.7 Å². The van der Waals surface area contributed by atoms with Crippen molar-refractivity contribution in [2.75, 3.05) is 0 Å². The Labute approximate surface area is 251 Å². The van der Waals surface area contributed by atoms with Gasteiger partial charge in [0.2, 0.25) is 0 Å². The van der Waals surface area contributed by atoms with Crippen molar-refractivity contribution in [3.63, 3.8) is 0 Å². The Kier molecular flexibility index (Phi) is 5.39. The Bertz CT molecular complexity index is 2020. The predicted molar refractivity (Wildman–Crippen MR) is 171 cm³/mol. The van der Waals surface area contributed by atoms with Gasteiger partial charge in [-0.05, 0) is 24.3 Å². The third kappa shape index (κ3) is 3.66. The van der Waals surface area contributed by atoms with E-state index in [9.17, 15) is 0 Å². The maximum Gasteiger partial charge on any atom is 0.0737 e. The summed E-state index contributed by atoms with van der Waals surface area (Å²) < 4.78 is 0. The van der Waals surface area contributed by atoms with Gasteiger partial charge in [0.15, 0.2) is 0 Å². The summed E-state index contributed by atoms with van der Waals surface area (Å²) in [6.07, 6.45) is 0. The standard InChI is InChI=1S/C36H22N4.Mg/c1-2-10-22-21(9-1)29-17-31-23-11-3-4-12-24(23)33(38-31)19-35-27-15-7-8-16-28(27)36(40-35)20-34-26-14-6-5-13-25(26)32(39-34)18-30(22)37-29;/h1-20,37,40H;. The summed E-state index contributed by atoms with van der Waals surface area (Å²) in [5.41, 5.74) is 12.5. The van der Waals surface area contributed by atoms with E-state index in [2.05, 4.69) is 131 Å². The minimum absolute atomic E-state index is 0. The molecule has 41 heavy (non-hydrogen) atoms. The van der Waals surface area contributed by atoms with E-state index in [0.29, 0.717) is 0 Å². The molecule has 0 saturated carbocycles. The average Bonchev–Trinajstić information content (AvgIpc) is 3.73. The molecule has 0 aliphatic carbocycles. The SMILES string of the molecule is [Mg].c1ccc2c(c1)-c1cc3[nH]c(cc4nc(cc5[nH]c(cc-2n1)c1ccccc51)-c1ccccc1-4)c1ccccc31. The van der Waals surface area contributed by atoms with Crippen molar-refractivity contribution in [3.05, 3.63) is 121 Å². The predicted octanol–water partition coefficient (Wildman–Crippen LogP) is 8.91. The first kappa shape index (κ1) is 24.1. The monoisotopic (exact) mass is 534 g/mol. The molecule has 0 spiro atoms. The van der Waals surface area contributed by atoms with Crippen LogP contribution in [-0.4, -0.2) is 43.0 Å². The molecule has 7 aromatic rings. The second-order valence-corrected chi connectivity index (χ2v) is 10.4. The second-order valence-electron chi connectivity index (χ2n) is 10.4. The molecule has 0 unspecified atom stereocenters. The van der Waals surface area contributed by atoms with Gasteiger partial charge >= 0.3 is 0 Å². The molecule has 8 bridgehead atoms. The topological polar surface area (TPSA) is 57.4 Å². The second kappa shape index (κ2) is 9.16. The first-order valence-electron chi connectivity index (χ1n) is 13.5. The van der Waals surface area contributed by atoms with E-state index in [-0.39, 0.29) is 23.1 Å². The zero-order valence-electron chi connectivity index (χ0n) is 22.1. The molecule has 0 amide bonds. The zero-order chi connectivity index (χ0) is 26.2. The fourth-order valence-electron chi connectivity index (χ4n) is 6.27. The highest BCUT2D eigenvalue weighted by Crippen LogP contribution is 2.40. The molecule has 3 aromatic heterocycles. The van der Waals surface area contributed by atoms with Crippen molar-refractivity contribution in [2.24, 2.45) is 0 Å². The van der Waals surface area contributed by atoms with Crippen LogP contribution in [0.15, 0.2) is 121 Å². The Morgan fingerprint density at radius 2 is 0.585 bits per heavy atom. The number of aromatic amines is 2. The van der Waals surface area contributed by atoms with Gasteiger partial charge in [0.1, 0.15) is 0 Å².